The number of nitrogens with zero attached hydrogens (tertiary/aromatic N) is 1. The molecule has 1 saturated carbocycles. The van der Waals surface area contributed by atoms with Crippen LogP contribution in [0.15, 0.2) is 18.2 Å². The van der Waals surface area contributed by atoms with Gasteiger partial charge in [-0.2, -0.15) is 0 Å². The Hall–Kier alpha value is -0.890. The van der Waals surface area contributed by atoms with Gasteiger partial charge in [0.15, 0.2) is 0 Å². The molecule has 1 saturated heterocycles. The maximum absolute atomic E-state index is 4.86. The van der Waals surface area contributed by atoms with Crippen molar-refractivity contribution in [1.29, 1.82) is 0 Å². The zero-order chi connectivity index (χ0) is 11.3. The van der Waals surface area contributed by atoms with Crippen molar-refractivity contribution in [1.82, 2.24) is 10.3 Å². The lowest BCUT2D eigenvalue weighted by Gasteiger charge is -2.18. The van der Waals surface area contributed by atoms with Crippen LogP contribution < -0.4 is 5.32 Å². The number of fused-ring (bicyclic) bond motifs is 1. The monoisotopic (exact) mass is 216 g/mol. The molecule has 1 aromatic heterocycles. The first-order valence-corrected chi connectivity index (χ1v) is 6.25. The molecule has 16 heavy (non-hydrogen) atoms. The summed E-state index contributed by atoms with van der Waals surface area (Å²) in [6.45, 7) is 9.07. The number of piperidine rings is 1. The molecule has 1 aliphatic heterocycles. The maximum Gasteiger partial charge on any atom is 0.0460 e. The topological polar surface area (TPSA) is 24.9 Å². The molecule has 2 heteroatoms. The Kier molecular flexibility index (Phi) is 2.12. The summed E-state index contributed by atoms with van der Waals surface area (Å²) in [7, 11) is 0. The second kappa shape index (κ2) is 3.30. The van der Waals surface area contributed by atoms with E-state index in [-0.39, 0.29) is 5.41 Å². The number of pyridine rings is 1. The van der Waals surface area contributed by atoms with Crippen LogP contribution in [0.1, 0.15) is 38.1 Å². The fourth-order valence-electron chi connectivity index (χ4n) is 2.91. The molecule has 0 bridgehead atoms. The third-order valence-corrected chi connectivity index (χ3v) is 3.97. The molecule has 0 amide bonds. The molecule has 3 atom stereocenters. The van der Waals surface area contributed by atoms with Gasteiger partial charge in [0.05, 0.1) is 0 Å². The summed E-state index contributed by atoms with van der Waals surface area (Å²) < 4.78 is 0. The lowest BCUT2D eigenvalue weighted by molar-refractivity contribution is 0.562. The molecule has 0 radical (unpaired) electrons. The third kappa shape index (κ3) is 1.56. The fraction of sp³-hybridized carbons (Fsp3) is 0.643. The Labute approximate surface area is 97.5 Å². The zero-order valence-electron chi connectivity index (χ0n) is 10.3. The predicted molar refractivity (Wildman–Crippen MR) is 65.5 cm³/mol. The highest BCUT2D eigenvalue weighted by Crippen LogP contribution is 2.55. The number of aromatic nitrogens is 1. The van der Waals surface area contributed by atoms with Crippen LogP contribution in [0.25, 0.3) is 0 Å². The molecule has 1 aliphatic carbocycles. The normalized spacial score (nSPS) is 32.6. The summed E-state index contributed by atoms with van der Waals surface area (Å²) in [4.78, 5) is 4.86. The van der Waals surface area contributed by atoms with Crippen molar-refractivity contribution >= 4 is 0 Å². The standard InChI is InChI=1S/C14H20N2/c1-14(2,3)12-6-4-5-11(16-12)13-9-7-15-8-10(9)13/h4-6,9-10,13,15H,7-8H2,1-3H3/t9-,10+,13?. The molecule has 0 spiro atoms. The minimum absolute atomic E-state index is 0.165. The first kappa shape index (κ1) is 10.3. The van der Waals surface area contributed by atoms with E-state index in [1.165, 1.54) is 24.5 Å². The van der Waals surface area contributed by atoms with E-state index in [2.05, 4.69) is 44.3 Å². The van der Waals surface area contributed by atoms with Crippen molar-refractivity contribution in [3.8, 4) is 0 Å². The molecule has 1 unspecified atom stereocenters. The summed E-state index contributed by atoms with van der Waals surface area (Å²) in [5.41, 5.74) is 2.71. The average Bonchev–Trinajstić information content (AvgIpc) is 2.72. The molecule has 2 fully saturated rings. The third-order valence-electron chi connectivity index (χ3n) is 3.97. The lowest BCUT2D eigenvalue weighted by Crippen LogP contribution is -2.17. The highest BCUT2D eigenvalue weighted by Gasteiger charge is 2.54. The average molecular weight is 216 g/mol. The molecule has 1 N–H and O–H groups in total. The zero-order valence-corrected chi connectivity index (χ0v) is 10.3. The van der Waals surface area contributed by atoms with E-state index in [0.717, 1.165) is 17.8 Å². The molecule has 0 aromatic carbocycles. The van der Waals surface area contributed by atoms with Crippen molar-refractivity contribution in [2.75, 3.05) is 13.1 Å². The van der Waals surface area contributed by atoms with Gasteiger partial charge in [-0.1, -0.05) is 26.8 Å². The van der Waals surface area contributed by atoms with Crippen LogP contribution in [-0.4, -0.2) is 18.1 Å². The molecule has 1 aromatic rings. The second-order valence-corrected chi connectivity index (χ2v) is 6.21. The van der Waals surface area contributed by atoms with Crippen LogP contribution in [0.2, 0.25) is 0 Å². The van der Waals surface area contributed by atoms with Crippen LogP contribution in [0.5, 0.6) is 0 Å². The van der Waals surface area contributed by atoms with Gasteiger partial charge < -0.3 is 5.32 Å². The molecular weight excluding hydrogens is 196 g/mol. The fourth-order valence-corrected chi connectivity index (χ4v) is 2.91. The molecule has 2 heterocycles. The highest BCUT2D eigenvalue weighted by molar-refractivity contribution is 5.27. The van der Waals surface area contributed by atoms with Crippen LogP contribution in [-0.2, 0) is 5.41 Å². The van der Waals surface area contributed by atoms with Crippen LogP contribution in [0.4, 0.5) is 0 Å². The van der Waals surface area contributed by atoms with E-state index < -0.39 is 0 Å². The van der Waals surface area contributed by atoms with Gasteiger partial charge in [-0.25, -0.2) is 0 Å². The van der Waals surface area contributed by atoms with Crippen LogP contribution in [0, 0.1) is 11.8 Å². The summed E-state index contributed by atoms with van der Waals surface area (Å²) in [5, 5.41) is 3.44. The van der Waals surface area contributed by atoms with Crippen molar-refractivity contribution in [3.63, 3.8) is 0 Å². The van der Waals surface area contributed by atoms with Crippen molar-refractivity contribution in [2.45, 2.75) is 32.1 Å². The van der Waals surface area contributed by atoms with Gasteiger partial charge in [0.2, 0.25) is 0 Å². The van der Waals surface area contributed by atoms with Gasteiger partial charge in [0.1, 0.15) is 0 Å². The van der Waals surface area contributed by atoms with E-state index >= 15 is 0 Å². The Balaban J connectivity index is 1.87. The first-order chi connectivity index (χ1) is 7.57. The minimum atomic E-state index is 0.165. The summed E-state index contributed by atoms with van der Waals surface area (Å²) >= 11 is 0. The van der Waals surface area contributed by atoms with E-state index in [4.69, 9.17) is 4.98 Å². The maximum atomic E-state index is 4.86. The van der Waals surface area contributed by atoms with Gasteiger partial charge in [-0.15, -0.1) is 0 Å². The minimum Gasteiger partial charge on any atom is -0.316 e. The van der Waals surface area contributed by atoms with Gasteiger partial charge in [0, 0.05) is 22.7 Å². The Morgan fingerprint density at radius 2 is 1.88 bits per heavy atom. The number of rotatable bonds is 1. The van der Waals surface area contributed by atoms with Gasteiger partial charge in [0.25, 0.3) is 0 Å². The molecular formula is C14H20N2. The van der Waals surface area contributed by atoms with Gasteiger partial charge in [-0.3, -0.25) is 4.98 Å². The predicted octanol–water partition coefficient (Wildman–Crippen LogP) is 2.31. The van der Waals surface area contributed by atoms with E-state index in [0.29, 0.717) is 0 Å². The molecule has 86 valence electrons. The molecule has 3 rings (SSSR count). The largest absolute Gasteiger partial charge is 0.316 e. The number of hydrogen-bond donors (Lipinski definition) is 1. The molecule has 2 aliphatic rings. The van der Waals surface area contributed by atoms with Crippen molar-refractivity contribution in [2.24, 2.45) is 11.8 Å². The summed E-state index contributed by atoms with van der Waals surface area (Å²) in [5.74, 6) is 2.47. The quantitative estimate of drug-likeness (QED) is 0.779. The van der Waals surface area contributed by atoms with Gasteiger partial charge >= 0.3 is 0 Å². The van der Waals surface area contributed by atoms with E-state index in [9.17, 15) is 0 Å². The Morgan fingerprint density at radius 1 is 1.19 bits per heavy atom. The van der Waals surface area contributed by atoms with Gasteiger partial charge in [-0.05, 0) is 37.1 Å². The van der Waals surface area contributed by atoms with E-state index in [1.807, 2.05) is 0 Å². The Bertz CT molecular complexity index is 395. The smallest absolute Gasteiger partial charge is 0.0460 e. The first-order valence-electron chi connectivity index (χ1n) is 6.25. The SMILES string of the molecule is CC(C)(C)c1cccc(C2[C@H]3CNC[C@@H]23)n1. The van der Waals surface area contributed by atoms with Crippen LogP contribution >= 0.6 is 0 Å². The summed E-state index contributed by atoms with van der Waals surface area (Å²) in [6, 6.07) is 6.53. The van der Waals surface area contributed by atoms with Crippen molar-refractivity contribution < 1.29 is 0 Å². The lowest BCUT2D eigenvalue weighted by atomic mass is 9.91. The number of nitrogens with one attached hydrogen (secondary N) is 1. The second-order valence-electron chi connectivity index (χ2n) is 6.21. The highest BCUT2D eigenvalue weighted by atomic mass is 15.0. The van der Waals surface area contributed by atoms with Crippen LogP contribution in [0.3, 0.4) is 0 Å². The van der Waals surface area contributed by atoms with E-state index in [1.54, 1.807) is 0 Å². The Morgan fingerprint density at radius 3 is 2.50 bits per heavy atom. The number of hydrogen-bond acceptors (Lipinski definition) is 2. The molecule has 2 nitrogen and oxygen atoms in total. The van der Waals surface area contributed by atoms with Crippen molar-refractivity contribution in [3.05, 3.63) is 29.6 Å². The summed E-state index contributed by atoms with van der Waals surface area (Å²) in [6.07, 6.45) is 0.